The first kappa shape index (κ1) is 19.7. The monoisotopic (exact) mass is 353 g/mol. The maximum Gasteiger partial charge on any atom is 0.226 e. The minimum absolute atomic E-state index is 0. The van der Waals surface area contributed by atoms with Crippen molar-refractivity contribution in [2.75, 3.05) is 39.0 Å². The van der Waals surface area contributed by atoms with Gasteiger partial charge in [0.15, 0.2) is 0 Å². The third kappa shape index (κ3) is 4.81. The summed E-state index contributed by atoms with van der Waals surface area (Å²) in [5, 5.41) is 3.31. The number of amides is 1. The highest BCUT2D eigenvalue weighted by Gasteiger charge is 2.34. The number of nitrogens with one attached hydrogen (secondary N) is 1. The lowest BCUT2D eigenvalue weighted by Crippen LogP contribution is -2.48. The number of halogens is 1. The van der Waals surface area contributed by atoms with E-state index in [2.05, 4.69) is 12.2 Å². The number of carbonyl (C=O) groups excluding carboxylic acids is 1. The fourth-order valence-corrected chi connectivity index (χ4v) is 4.16. The van der Waals surface area contributed by atoms with Gasteiger partial charge in [0.05, 0.1) is 6.26 Å². The van der Waals surface area contributed by atoms with Gasteiger partial charge in [0.2, 0.25) is 15.9 Å². The number of rotatable bonds is 5. The zero-order valence-corrected chi connectivity index (χ0v) is 15.1. The molecule has 0 radical (unpaired) electrons. The molecular weight excluding hydrogens is 326 g/mol. The molecule has 0 aromatic carbocycles. The first-order chi connectivity index (χ1) is 9.93. The lowest BCUT2D eigenvalue weighted by atomic mass is 9.95. The molecule has 2 fully saturated rings. The van der Waals surface area contributed by atoms with Crippen LogP contribution in [-0.2, 0) is 14.8 Å². The van der Waals surface area contributed by atoms with E-state index < -0.39 is 10.0 Å². The fraction of sp³-hybridized carbons (Fsp3) is 0.929. The van der Waals surface area contributed by atoms with Crippen molar-refractivity contribution in [3.8, 4) is 0 Å². The lowest BCUT2D eigenvalue weighted by molar-refractivity contribution is -0.138. The smallest absolute Gasteiger partial charge is 0.226 e. The van der Waals surface area contributed by atoms with Crippen molar-refractivity contribution in [1.82, 2.24) is 14.5 Å². The molecule has 2 aliphatic rings. The van der Waals surface area contributed by atoms with E-state index in [0.29, 0.717) is 32.0 Å². The molecule has 1 amide bonds. The molecule has 8 heteroatoms. The minimum atomic E-state index is -3.12. The maximum atomic E-state index is 12.8. The molecule has 2 aliphatic heterocycles. The predicted molar refractivity (Wildman–Crippen MR) is 89.7 cm³/mol. The Balaban J connectivity index is 0.00000242. The van der Waals surface area contributed by atoms with Crippen molar-refractivity contribution in [1.29, 1.82) is 0 Å². The van der Waals surface area contributed by atoms with Crippen LogP contribution in [0.4, 0.5) is 0 Å². The van der Waals surface area contributed by atoms with Gasteiger partial charge in [0, 0.05) is 38.1 Å². The van der Waals surface area contributed by atoms with Crippen molar-refractivity contribution < 1.29 is 13.2 Å². The summed E-state index contributed by atoms with van der Waals surface area (Å²) in [7, 11) is -3.12. The van der Waals surface area contributed by atoms with Gasteiger partial charge in [-0.3, -0.25) is 4.79 Å². The number of carbonyl (C=O) groups is 1. The Labute approximate surface area is 140 Å². The molecular formula is C14H28ClN3O3S. The van der Waals surface area contributed by atoms with E-state index in [0.717, 1.165) is 32.5 Å². The van der Waals surface area contributed by atoms with Crippen molar-refractivity contribution in [3.05, 3.63) is 0 Å². The van der Waals surface area contributed by atoms with Gasteiger partial charge in [0.25, 0.3) is 0 Å². The molecule has 2 saturated heterocycles. The average molecular weight is 354 g/mol. The molecule has 0 saturated carbocycles. The van der Waals surface area contributed by atoms with E-state index in [1.165, 1.54) is 10.6 Å². The Morgan fingerprint density at radius 2 is 1.91 bits per heavy atom. The second-order valence-corrected chi connectivity index (χ2v) is 8.10. The van der Waals surface area contributed by atoms with Crippen LogP contribution in [0.15, 0.2) is 0 Å². The van der Waals surface area contributed by atoms with Crippen LogP contribution in [0.2, 0.25) is 0 Å². The van der Waals surface area contributed by atoms with Gasteiger partial charge in [0.1, 0.15) is 0 Å². The fourth-order valence-electron chi connectivity index (χ4n) is 3.29. The Morgan fingerprint density at radius 3 is 2.36 bits per heavy atom. The minimum Gasteiger partial charge on any atom is -0.338 e. The van der Waals surface area contributed by atoms with Gasteiger partial charge < -0.3 is 10.2 Å². The van der Waals surface area contributed by atoms with Crippen LogP contribution in [0.3, 0.4) is 0 Å². The second-order valence-electron chi connectivity index (χ2n) is 6.11. The summed E-state index contributed by atoms with van der Waals surface area (Å²) in [6.45, 7) is 5.70. The molecule has 0 aromatic rings. The number of piperidine rings is 1. The van der Waals surface area contributed by atoms with E-state index >= 15 is 0 Å². The van der Waals surface area contributed by atoms with E-state index in [1.54, 1.807) is 0 Å². The second kappa shape index (κ2) is 8.47. The summed E-state index contributed by atoms with van der Waals surface area (Å²) in [4.78, 5) is 14.8. The van der Waals surface area contributed by atoms with Gasteiger partial charge in [-0.15, -0.1) is 12.4 Å². The topological polar surface area (TPSA) is 69.7 Å². The Bertz CT molecular complexity index is 458. The predicted octanol–water partition coefficient (Wildman–Crippen LogP) is 0.680. The summed E-state index contributed by atoms with van der Waals surface area (Å²) >= 11 is 0. The number of sulfonamides is 1. The maximum absolute atomic E-state index is 12.8. The highest BCUT2D eigenvalue weighted by molar-refractivity contribution is 7.88. The molecule has 0 spiro atoms. The van der Waals surface area contributed by atoms with Crippen LogP contribution < -0.4 is 5.32 Å². The van der Waals surface area contributed by atoms with Crippen LogP contribution in [0.1, 0.15) is 32.6 Å². The molecule has 0 bridgehead atoms. The average Bonchev–Trinajstić information content (AvgIpc) is 2.97. The van der Waals surface area contributed by atoms with Gasteiger partial charge in [-0.2, -0.15) is 0 Å². The first-order valence-electron chi connectivity index (χ1n) is 7.89. The quantitative estimate of drug-likeness (QED) is 0.789. The van der Waals surface area contributed by atoms with Crippen LogP contribution in [0.25, 0.3) is 0 Å². The van der Waals surface area contributed by atoms with Crippen molar-refractivity contribution in [2.45, 2.75) is 38.6 Å². The third-order valence-electron chi connectivity index (χ3n) is 4.49. The third-order valence-corrected chi connectivity index (χ3v) is 5.80. The van der Waals surface area contributed by atoms with Crippen LogP contribution in [0.5, 0.6) is 0 Å². The standard InChI is InChI=1S/C14H27N3O3S.ClH/c1-3-8-17(13-4-7-15-11-13)14(18)12-5-9-16(10-6-12)21(2,19)20;/h12-13,15H,3-11H2,1-2H3;1H. The summed E-state index contributed by atoms with van der Waals surface area (Å²) in [6, 6.07) is 0.311. The van der Waals surface area contributed by atoms with Crippen LogP contribution in [0, 0.1) is 5.92 Å². The van der Waals surface area contributed by atoms with Gasteiger partial charge in [-0.25, -0.2) is 12.7 Å². The van der Waals surface area contributed by atoms with E-state index in [1.807, 2.05) is 4.90 Å². The zero-order chi connectivity index (χ0) is 15.5. The molecule has 2 rings (SSSR count). The molecule has 2 heterocycles. The van der Waals surface area contributed by atoms with Crippen LogP contribution in [-0.4, -0.2) is 68.6 Å². The van der Waals surface area contributed by atoms with Crippen molar-refractivity contribution >= 4 is 28.3 Å². The van der Waals surface area contributed by atoms with E-state index in [9.17, 15) is 13.2 Å². The molecule has 6 nitrogen and oxygen atoms in total. The van der Waals surface area contributed by atoms with Gasteiger partial charge in [-0.05, 0) is 32.2 Å². The highest BCUT2D eigenvalue weighted by atomic mass is 35.5. The SMILES string of the molecule is CCCN(C(=O)C1CCN(S(C)(=O)=O)CC1)C1CCNC1.Cl. The molecule has 0 aromatic heterocycles. The Kier molecular flexibility index (Phi) is 7.58. The van der Waals surface area contributed by atoms with Crippen molar-refractivity contribution in [2.24, 2.45) is 5.92 Å². The summed E-state index contributed by atoms with van der Waals surface area (Å²) in [6.07, 6.45) is 4.51. The molecule has 1 unspecified atom stereocenters. The van der Waals surface area contributed by atoms with Gasteiger partial charge in [-0.1, -0.05) is 6.92 Å². The summed E-state index contributed by atoms with van der Waals surface area (Å²) in [5.41, 5.74) is 0. The number of nitrogens with zero attached hydrogens (tertiary/aromatic N) is 2. The molecule has 0 aliphatic carbocycles. The molecule has 1 N–H and O–H groups in total. The molecule has 130 valence electrons. The summed E-state index contributed by atoms with van der Waals surface area (Å²) in [5.74, 6) is 0.203. The largest absolute Gasteiger partial charge is 0.338 e. The summed E-state index contributed by atoms with van der Waals surface area (Å²) < 4.78 is 24.5. The van der Waals surface area contributed by atoms with E-state index in [4.69, 9.17) is 0 Å². The highest BCUT2D eigenvalue weighted by Crippen LogP contribution is 2.23. The van der Waals surface area contributed by atoms with Crippen molar-refractivity contribution in [3.63, 3.8) is 0 Å². The Morgan fingerprint density at radius 1 is 1.27 bits per heavy atom. The molecule has 1 atom stereocenters. The van der Waals surface area contributed by atoms with Crippen LogP contribution >= 0.6 is 12.4 Å². The number of hydrogen-bond acceptors (Lipinski definition) is 4. The van der Waals surface area contributed by atoms with Gasteiger partial charge >= 0.3 is 0 Å². The molecule has 22 heavy (non-hydrogen) atoms. The normalized spacial score (nSPS) is 24.0. The lowest BCUT2D eigenvalue weighted by Gasteiger charge is -2.35. The first-order valence-corrected chi connectivity index (χ1v) is 9.74. The van der Waals surface area contributed by atoms with E-state index in [-0.39, 0.29) is 24.2 Å². The zero-order valence-electron chi connectivity index (χ0n) is 13.5. The Hall–Kier alpha value is -0.370. The number of hydrogen-bond donors (Lipinski definition) is 1.